The van der Waals surface area contributed by atoms with Crippen LogP contribution in [0.1, 0.15) is 16.9 Å². The Bertz CT molecular complexity index is 1230. The Labute approximate surface area is 173 Å². The van der Waals surface area contributed by atoms with Gasteiger partial charge >= 0.3 is 5.69 Å². The highest BCUT2D eigenvalue weighted by Gasteiger charge is 2.14. The van der Waals surface area contributed by atoms with Crippen LogP contribution < -0.4 is 11.0 Å². The Hall–Kier alpha value is -3.87. The number of nitrogens with one attached hydrogen (secondary N) is 1. The Balaban J connectivity index is 1.50. The van der Waals surface area contributed by atoms with Gasteiger partial charge in [0.1, 0.15) is 5.76 Å². The molecule has 4 rings (SSSR count). The lowest BCUT2D eigenvalue weighted by Gasteiger charge is -2.04. The van der Waals surface area contributed by atoms with Crippen LogP contribution in [-0.2, 0) is 17.9 Å². The van der Waals surface area contributed by atoms with E-state index < -0.39 is 0 Å². The standard InChI is InChI=1S/C23H22N4O3/c1-17-6-8-18(9-7-17)16-27-20-5-2-12-25-22(20)26(23(27)29)14-13-24-21(28)11-10-19-4-3-15-30-19/h2-12,15H,13-14,16H2,1H3,(H,24,28). The number of aryl methyl sites for hydroxylation is 1. The quantitative estimate of drug-likeness (QED) is 0.482. The smallest absolute Gasteiger partial charge is 0.330 e. The third kappa shape index (κ3) is 4.25. The van der Waals surface area contributed by atoms with Crippen LogP contribution in [0.4, 0.5) is 0 Å². The summed E-state index contributed by atoms with van der Waals surface area (Å²) >= 11 is 0. The van der Waals surface area contributed by atoms with Crippen molar-refractivity contribution in [2.24, 2.45) is 0 Å². The van der Waals surface area contributed by atoms with Crippen LogP contribution in [-0.4, -0.2) is 26.6 Å². The monoisotopic (exact) mass is 402 g/mol. The van der Waals surface area contributed by atoms with Crippen molar-refractivity contribution in [1.82, 2.24) is 19.4 Å². The van der Waals surface area contributed by atoms with E-state index in [2.05, 4.69) is 10.3 Å². The summed E-state index contributed by atoms with van der Waals surface area (Å²) < 4.78 is 8.47. The molecule has 3 aromatic heterocycles. The number of carbonyl (C=O) groups excluding carboxylic acids is 1. The molecule has 3 heterocycles. The maximum atomic E-state index is 13.1. The lowest BCUT2D eigenvalue weighted by molar-refractivity contribution is -0.116. The highest BCUT2D eigenvalue weighted by Crippen LogP contribution is 2.13. The molecule has 7 heteroatoms. The zero-order chi connectivity index (χ0) is 20.9. The molecule has 1 N–H and O–H groups in total. The minimum Gasteiger partial charge on any atom is -0.465 e. The van der Waals surface area contributed by atoms with E-state index in [0.717, 1.165) is 11.1 Å². The summed E-state index contributed by atoms with van der Waals surface area (Å²) in [7, 11) is 0. The number of pyridine rings is 1. The fourth-order valence-corrected chi connectivity index (χ4v) is 3.27. The minimum atomic E-state index is -0.254. The molecule has 0 aliphatic heterocycles. The number of imidazole rings is 1. The molecule has 0 aliphatic rings. The highest BCUT2D eigenvalue weighted by molar-refractivity contribution is 5.91. The third-order valence-corrected chi connectivity index (χ3v) is 4.81. The van der Waals surface area contributed by atoms with E-state index in [-0.39, 0.29) is 11.6 Å². The number of aromatic nitrogens is 3. The first-order valence-corrected chi connectivity index (χ1v) is 9.71. The van der Waals surface area contributed by atoms with Crippen LogP contribution in [0.3, 0.4) is 0 Å². The molecule has 0 bridgehead atoms. The van der Waals surface area contributed by atoms with Gasteiger partial charge in [0, 0.05) is 25.4 Å². The first kappa shape index (κ1) is 19.4. The van der Waals surface area contributed by atoms with Gasteiger partial charge in [0.25, 0.3) is 0 Å². The minimum absolute atomic E-state index is 0.148. The second kappa shape index (κ2) is 8.65. The van der Waals surface area contributed by atoms with Gasteiger partial charge in [-0.05, 0) is 42.8 Å². The van der Waals surface area contributed by atoms with E-state index in [4.69, 9.17) is 4.42 Å². The second-order valence-corrected chi connectivity index (χ2v) is 6.99. The number of nitrogens with zero attached hydrogens (tertiary/aromatic N) is 3. The molecular weight excluding hydrogens is 380 g/mol. The molecule has 4 aromatic rings. The van der Waals surface area contributed by atoms with E-state index in [1.54, 1.807) is 39.8 Å². The SMILES string of the molecule is Cc1ccc(Cn2c(=O)n(CCNC(=O)C=Cc3ccco3)c3ncccc32)cc1. The molecule has 152 valence electrons. The van der Waals surface area contributed by atoms with Gasteiger partial charge in [-0.25, -0.2) is 9.78 Å². The van der Waals surface area contributed by atoms with Crippen LogP contribution in [0.5, 0.6) is 0 Å². The van der Waals surface area contributed by atoms with Gasteiger partial charge < -0.3 is 9.73 Å². The van der Waals surface area contributed by atoms with Gasteiger partial charge in [-0.1, -0.05) is 29.8 Å². The molecule has 0 unspecified atom stereocenters. The number of hydrogen-bond donors (Lipinski definition) is 1. The van der Waals surface area contributed by atoms with Crippen LogP contribution in [0.2, 0.25) is 0 Å². The van der Waals surface area contributed by atoms with Crippen molar-refractivity contribution in [3.8, 4) is 0 Å². The Morgan fingerprint density at radius 2 is 1.97 bits per heavy atom. The van der Waals surface area contributed by atoms with Crippen molar-refractivity contribution in [2.45, 2.75) is 20.0 Å². The first-order chi connectivity index (χ1) is 14.6. The predicted molar refractivity (Wildman–Crippen MR) is 115 cm³/mol. The summed E-state index contributed by atoms with van der Waals surface area (Å²) in [5.74, 6) is 0.348. The normalized spacial score (nSPS) is 11.4. The van der Waals surface area contributed by atoms with E-state index in [9.17, 15) is 9.59 Å². The third-order valence-electron chi connectivity index (χ3n) is 4.81. The number of furan rings is 1. The van der Waals surface area contributed by atoms with Gasteiger partial charge in [-0.2, -0.15) is 0 Å². The van der Waals surface area contributed by atoms with Crippen molar-refractivity contribution in [1.29, 1.82) is 0 Å². The van der Waals surface area contributed by atoms with E-state index in [1.165, 1.54) is 11.6 Å². The Morgan fingerprint density at radius 1 is 1.13 bits per heavy atom. The summed E-state index contributed by atoms with van der Waals surface area (Å²) in [5.41, 5.74) is 3.45. The lowest BCUT2D eigenvalue weighted by Crippen LogP contribution is -2.31. The van der Waals surface area contributed by atoms with Gasteiger partial charge in [0.2, 0.25) is 5.91 Å². The molecular formula is C23H22N4O3. The molecule has 0 radical (unpaired) electrons. The number of carbonyl (C=O) groups is 1. The molecule has 0 atom stereocenters. The van der Waals surface area contributed by atoms with Crippen LogP contribution in [0.25, 0.3) is 17.2 Å². The number of amides is 1. The summed E-state index contributed by atoms with van der Waals surface area (Å²) in [6, 6.07) is 15.3. The number of benzene rings is 1. The Morgan fingerprint density at radius 3 is 2.73 bits per heavy atom. The van der Waals surface area contributed by atoms with Crippen molar-refractivity contribution >= 4 is 23.1 Å². The van der Waals surface area contributed by atoms with Crippen molar-refractivity contribution in [3.05, 3.63) is 94.4 Å². The van der Waals surface area contributed by atoms with Gasteiger partial charge in [-0.3, -0.25) is 13.9 Å². The highest BCUT2D eigenvalue weighted by atomic mass is 16.3. The molecule has 0 aliphatic carbocycles. The van der Waals surface area contributed by atoms with Crippen molar-refractivity contribution < 1.29 is 9.21 Å². The first-order valence-electron chi connectivity index (χ1n) is 9.71. The van der Waals surface area contributed by atoms with Gasteiger partial charge in [0.15, 0.2) is 5.65 Å². The molecule has 1 aromatic carbocycles. The maximum Gasteiger partial charge on any atom is 0.330 e. The fraction of sp³-hybridized carbons (Fsp3) is 0.174. The second-order valence-electron chi connectivity index (χ2n) is 6.99. The molecule has 7 nitrogen and oxygen atoms in total. The zero-order valence-corrected chi connectivity index (χ0v) is 16.6. The molecule has 0 fully saturated rings. The Kier molecular flexibility index (Phi) is 5.61. The van der Waals surface area contributed by atoms with Gasteiger partial charge in [-0.15, -0.1) is 0 Å². The van der Waals surface area contributed by atoms with Crippen molar-refractivity contribution in [3.63, 3.8) is 0 Å². The number of hydrogen-bond acceptors (Lipinski definition) is 4. The fourth-order valence-electron chi connectivity index (χ4n) is 3.27. The van der Waals surface area contributed by atoms with E-state index >= 15 is 0 Å². The lowest BCUT2D eigenvalue weighted by atomic mass is 10.1. The summed E-state index contributed by atoms with van der Waals surface area (Å²) in [4.78, 5) is 29.5. The zero-order valence-electron chi connectivity index (χ0n) is 16.6. The number of fused-ring (bicyclic) bond motifs is 1. The predicted octanol–water partition coefficient (Wildman–Crippen LogP) is 2.98. The van der Waals surface area contributed by atoms with Crippen LogP contribution in [0.15, 0.2) is 76.3 Å². The molecule has 1 amide bonds. The maximum absolute atomic E-state index is 13.1. The average Bonchev–Trinajstić information content (AvgIpc) is 3.36. The van der Waals surface area contributed by atoms with Crippen LogP contribution in [0, 0.1) is 6.92 Å². The summed E-state index contributed by atoms with van der Waals surface area (Å²) in [5, 5.41) is 2.79. The largest absolute Gasteiger partial charge is 0.465 e. The van der Waals surface area contributed by atoms with Crippen molar-refractivity contribution in [2.75, 3.05) is 6.54 Å². The molecule has 0 saturated carbocycles. The molecule has 30 heavy (non-hydrogen) atoms. The van der Waals surface area contributed by atoms with Crippen LogP contribution >= 0.6 is 0 Å². The molecule has 0 spiro atoms. The summed E-state index contributed by atoms with van der Waals surface area (Å²) in [6.45, 7) is 3.13. The van der Waals surface area contributed by atoms with Gasteiger partial charge in [0.05, 0.1) is 18.3 Å². The topological polar surface area (TPSA) is 82.1 Å². The average molecular weight is 402 g/mol. The number of rotatable bonds is 7. The van der Waals surface area contributed by atoms with E-state index in [0.29, 0.717) is 31.0 Å². The van der Waals surface area contributed by atoms with E-state index in [1.807, 2.05) is 43.3 Å². The summed E-state index contributed by atoms with van der Waals surface area (Å²) in [6.07, 6.45) is 6.21. The molecule has 0 saturated heterocycles.